The van der Waals surface area contributed by atoms with E-state index < -0.39 is 0 Å². The molecule has 116 valence electrons. The summed E-state index contributed by atoms with van der Waals surface area (Å²) in [4.78, 5) is 13.7. The van der Waals surface area contributed by atoms with Gasteiger partial charge in [0.15, 0.2) is 0 Å². The van der Waals surface area contributed by atoms with Crippen LogP contribution in [-0.4, -0.2) is 47.9 Å². The second kappa shape index (κ2) is 7.26. The summed E-state index contributed by atoms with van der Waals surface area (Å²) in [5.41, 5.74) is 0. The van der Waals surface area contributed by atoms with E-state index in [2.05, 4.69) is 5.32 Å². The van der Waals surface area contributed by atoms with Crippen LogP contribution in [0.4, 0.5) is 9.18 Å². The second-order valence-electron chi connectivity index (χ2n) is 5.26. The van der Waals surface area contributed by atoms with Crippen LogP contribution in [0.1, 0.15) is 19.8 Å². The minimum absolute atomic E-state index is 0.0373. The number of nitrogens with one attached hydrogen (secondary N) is 1. The number of halogens is 1. The molecular weight excluding hydrogens is 275 g/mol. The van der Waals surface area contributed by atoms with Crippen LogP contribution in [0.25, 0.3) is 0 Å². The Morgan fingerprint density at radius 3 is 2.71 bits per heavy atom. The van der Waals surface area contributed by atoms with Crippen LogP contribution >= 0.6 is 0 Å². The van der Waals surface area contributed by atoms with Crippen molar-refractivity contribution in [2.45, 2.75) is 31.8 Å². The molecule has 1 fully saturated rings. The van der Waals surface area contributed by atoms with Crippen molar-refractivity contribution in [2.75, 3.05) is 19.8 Å². The van der Waals surface area contributed by atoms with Gasteiger partial charge in [-0.3, -0.25) is 0 Å². The molecule has 0 aromatic heterocycles. The molecule has 2 N–H and O–H groups in total. The number of carbonyl (C=O) groups excluding carboxylic acids is 1. The summed E-state index contributed by atoms with van der Waals surface area (Å²) < 4.78 is 18.3. The number of hydrogen-bond acceptors (Lipinski definition) is 3. The minimum Gasteiger partial charge on any atom is -0.491 e. The number of rotatable bonds is 7. The van der Waals surface area contributed by atoms with Gasteiger partial charge in [0.1, 0.15) is 18.2 Å². The molecule has 0 bridgehead atoms. The number of benzene rings is 1. The van der Waals surface area contributed by atoms with Gasteiger partial charge in [-0.2, -0.15) is 0 Å². The molecule has 1 aliphatic carbocycles. The molecule has 0 heterocycles. The van der Waals surface area contributed by atoms with Crippen molar-refractivity contribution < 1.29 is 19.0 Å². The van der Waals surface area contributed by atoms with Crippen molar-refractivity contribution in [3.8, 4) is 5.75 Å². The molecular formula is C15H21FN2O3. The number of aliphatic hydroxyl groups is 1. The Hall–Kier alpha value is -1.82. The monoisotopic (exact) mass is 296 g/mol. The van der Waals surface area contributed by atoms with Gasteiger partial charge in [0, 0.05) is 12.6 Å². The van der Waals surface area contributed by atoms with E-state index in [4.69, 9.17) is 9.84 Å². The molecule has 2 rings (SSSR count). The lowest BCUT2D eigenvalue weighted by atomic mass is 10.3. The molecule has 0 spiro atoms. The van der Waals surface area contributed by atoms with E-state index in [9.17, 15) is 9.18 Å². The number of urea groups is 1. The Morgan fingerprint density at radius 1 is 1.48 bits per heavy atom. The van der Waals surface area contributed by atoms with Gasteiger partial charge in [0.25, 0.3) is 0 Å². The van der Waals surface area contributed by atoms with Gasteiger partial charge in [-0.1, -0.05) is 0 Å². The molecule has 0 saturated heterocycles. The first-order valence-corrected chi connectivity index (χ1v) is 7.16. The van der Waals surface area contributed by atoms with E-state index in [0.717, 1.165) is 12.8 Å². The Bertz CT molecular complexity index is 462. The molecule has 6 heteroatoms. The predicted octanol–water partition coefficient (Wildman–Crippen LogP) is 1.76. The Labute approximate surface area is 123 Å². The lowest BCUT2D eigenvalue weighted by Gasteiger charge is -2.24. The number of amides is 2. The molecule has 1 aromatic rings. The number of nitrogens with zero attached hydrogens (tertiary/aromatic N) is 1. The van der Waals surface area contributed by atoms with E-state index >= 15 is 0 Å². The first-order valence-electron chi connectivity index (χ1n) is 7.16. The zero-order chi connectivity index (χ0) is 15.2. The van der Waals surface area contributed by atoms with Crippen LogP contribution < -0.4 is 10.1 Å². The van der Waals surface area contributed by atoms with E-state index in [1.54, 1.807) is 17.0 Å². The van der Waals surface area contributed by atoms with Gasteiger partial charge >= 0.3 is 6.03 Å². The molecule has 5 nitrogen and oxygen atoms in total. The third-order valence-corrected chi connectivity index (χ3v) is 3.27. The number of carbonyl (C=O) groups is 1. The highest BCUT2D eigenvalue weighted by molar-refractivity contribution is 5.75. The summed E-state index contributed by atoms with van der Waals surface area (Å²) >= 11 is 0. The third kappa shape index (κ3) is 4.90. The molecule has 2 amide bonds. The highest BCUT2D eigenvalue weighted by Gasteiger charge is 2.32. The summed E-state index contributed by atoms with van der Waals surface area (Å²) in [6.07, 6.45) is 1.99. The largest absolute Gasteiger partial charge is 0.491 e. The summed E-state index contributed by atoms with van der Waals surface area (Å²) in [6, 6.07) is 5.65. The van der Waals surface area contributed by atoms with Gasteiger partial charge in [0.2, 0.25) is 0 Å². The fourth-order valence-electron chi connectivity index (χ4n) is 2.03. The van der Waals surface area contributed by atoms with Crippen LogP contribution in [0.2, 0.25) is 0 Å². The van der Waals surface area contributed by atoms with Crippen molar-refractivity contribution in [1.29, 1.82) is 0 Å². The lowest BCUT2D eigenvalue weighted by Crippen LogP contribution is -2.47. The fourth-order valence-corrected chi connectivity index (χ4v) is 2.03. The first kappa shape index (κ1) is 15.6. The number of hydrogen-bond donors (Lipinski definition) is 2. The number of aliphatic hydroxyl groups excluding tert-OH is 1. The van der Waals surface area contributed by atoms with Crippen molar-refractivity contribution in [3.05, 3.63) is 30.1 Å². The first-order chi connectivity index (χ1) is 10.1. The summed E-state index contributed by atoms with van der Waals surface area (Å²) in [5, 5.41) is 11.8. The molecule has 1 aliphatic rings. The van der Waals surface area contributed by atoms with E-state index in [-0.39, 0.29) is 30.5 Å². The summed E-state index contributed by atoms with van der Waals surface area (Å²) in [5.74, 6) is 0.250. The Kier molecular flexibility index (Phi) is 5.38. The van der Waals surface area contributed by atoms with Crippen molar-refractivity contribution in [2.24, 2.45) is 0 Å². The maximum absolute atomic E-state index is 12.8. The normalized spacial score (nSPS) is 15.4. The van der Waals surface area contributed by atoms with Crippen molar-refractivity contribution in [3.63, 3.8) is 0 Å². The van der Waals surface area contributed by atoms with Crippen molar-refractivity contribution >= 4 is 6.03 Å². The van der Waals surface area contributed by atoms with Crippen LogP contribution in [0.15, 0.2) is 24.3 Å². The molecule has 21 heavy (non-hydrogen) atoms. The van der Waals surface area contributed by atoms with Crippen LogP contribution in [0.3, 0.4) is 0 Å². The zero-order valence-corrected chi connectivity index (χ0v) is 12.1. The number of ether oxygens (including phenoxy) is 1. The summed E-state index contributed by atoms with van der Waals surface area (Å²) in [7, 11) is 0. The van der Waals surface area contributed by atoms with Crippen LogP contribution in [-0.2, 0) is 0 Å². The van der Waals surface area contributed by atoms with E-state index in [0.29, 0.717) is 18.9 Å². The van der Waals surface area contributed by atoms with Gasteiger partial charge in [-0.05, 0) is 44.0 Å². The SMILES string of the molecule is CC(COc1ccc(F)cc1)NC(=O)N(CCO)C1CC1. The Morgan fingerprint density at radius 2 is 2.14 bits per heavy atom. The molecule has 0 aliphatic heterocycles. The third-order valence-electron chi connectivity index (χ3n) is 3.27. The predicted molar refractivity (Wildman–Crippen MR) is 76.7 cm³/mol. The van der Waals surface area contributed by atoms with Gasteiger partial charge in [0.05, 0.1) is 12.6 Å². The van der Waals surface area contributed by atoms with Gasteiger partial charge < -0.3 is 20.1 Å². The average molecular weight is 296 g/mol. The smallest absolute Gasteiger partial charge is 0.318 e. The molecule has 1 saturated carbocycles. The topological polar surface area (TPSA) is 61.8 Å². The van der Waals surface area contributed by atoms with E-state index in [1.165, 1.54) is 12.1 Å². The zero-order valence-electron chi connectivity index (χ0n) is 12.1. The highest BCUT2D eigenvalue weighted by Crippen LogP contribution is 2.26. The second-order valence-corrected chi connectivity index (χ2v) is 5.26. The van der Waals surface area contributed by atoms with Gasteiger partial charge in [-0.15, -0.1) is 0 Å². The van der Waals surface area contributed by atoms with Gasteiger partial charge in [-0.25, -0.2) is 9.18 Å². The summed E-state index contributed by atoms with van der Waals surface area (Å²) in [6.45, 7) is 2.45. The lowest BCUT2D eigenvalue weighted by molar-refractivity contribution is 0.166. The van der Waals surface area contributed by atoms with E-state index in [1.807, 2.05) is 6.92 Å². The Balaban J connectivity index is 1.76. The maximum atomic E-state index is 12.8. The molecule has 1 unspecified atom stereocenters. The van der Waals surface area contributed by atoms with Crippen molar-refractivity contribution in [1.82, 2.24) is 10.2 Å². The minimum atomic E-state index is -0.312. The van der Waals surface area contributed by atoms with Crippen LogP contribution in [0.5, 0.6) is 5.75 Å². The molecule has 0 radical (unpaired) electrons. The maximum Gasteiger partial charge on any atom is 0.318 e. The molecule has 1 aromatic carbocycles. The van der Waals surface area contributed by atoms with Crippen LogP contribution in [0, 0.1) is 5.82 Å². The quantitative estimate of drug-likeness (QED) is 0.806. The average Bonchev–Trinajstić information content (AvgIpc) is 3.28. The highest BCUT2D eigenvalue weighted by atomic mass is 19.1. The fraction of sp³-hybridized carbons (Fsp3) is 0.533. The standard InChI is InChI=1S/C15H21FN2O3/c1-11(10-21-14-6-2-12(16)3-7-14)17-15(20)18(8-9-19)13-4-5-13/h2-3,6-7,11,13,19H,4-5,8-10H2,1H3,(H,17,20). The molecule has 1 atom stereocenters.